The van der Waals surface area contributed by atoms with E-state index >= 15 is 0 Å². The van der Waals surface area contributed by atoms with Crippen LogP contribution in [-0.4, -0.2) is 11.2 Å². The maximum atomic E-state index is 13.2. The Morgan fingerprint density at radius 2 is 2.00 bits per heavy atom. The van der Waals surface area contributed by atoms with Crippen LogP contribution in [0.3, 0.4) is 0 Å². The molecule has 0 radical (unpaired) electrons. The zero-order valence-electron chi connectivity index (χ0n) is 9.73. The van der Waals surface area contributed by atoms with Gasteiger partial charge in [-0.15, -0.1) is 0 Å². The molecular weight excluding hydrogens is 219 g/mol. The average Bonchev–Trinajstić information content (AvgIpc) is 2.81. The van der Waals surface area contributed by atoms with E-state index in [1.165, 1.54) is 37.8 Å². The van der Waals surface area contributed by atoms with Gasteiger partial charge in [0.05, 0.1) is 6.10 Å². The number of hydrogen-bond acceptors (Lipinski definition) is 2. The van der Waals surface area contributed by atoms with Gasteiger partial charge < -0.3 is 9.84 Å². The molecule has 0 amide bonds. The molecule has 1 saturated carbocycles. The molecule has 0 bridgehead atoms. The Morgan fingerprint density at radius 1 is 1.24 bits per heavy atom. The summed E-state index contributed by atoms with van der Waals surface area (Å²) in [6, 6.07) is 4.39. The highest BCUT2D eigenvalue weighted by Gasteiger charge is 2.33. The molecule has 1 aliphatic heterocycles. The van der Waals surface area contributed by atoms with Gasteiger partial charge in [-0.05, 0) is 30.9 Å². The molecule has 0 aromatic heterocycles. The average molecular weight is 236 g/mol. The van der Waals surface area contributed by atoms with Crippen molar-refractivity contribution in [1.29, 1.82) is 0 Å². The van der Waals surface area contributed by atoms with Crippen LogP contribution in [0.1, 0.15) is 43.8 Å². The van der Waals surface area contributed by atoms with E-state index in [1.54, 1.807) is 6.07 Å². The van der Waals surface area contributed by atoms with Gasteiger partial charge in [-0.3, -0.25) is 0 Å². The monoisotopic (exact) mass is 236 g/mol. The first-order chi connectivity index (χ1) is 8.24. The Morgan fingerprint density at radius 3 is 2.76 bits per heavy atom. The lowest BCUT2D eigenvalue weighted by atomic mass is 9.90. The highest BCUT2D eigenvalue weighted by Crippen LogP contribution is 2.41. The smallest absolute Gasteiger partial charge is 0.128 e. The van der Waals surface area contributed by atoms with E-state index in [-0.39, 0.29) is 11.9 Å². The predicted octanol–water partition coefficient (Wildman–Crippen LogP) is 3.20. The summed E-state index contributed by atoms with van der Waals surface area (Å²) in [6.45, 7) is 0. The van der Waals surface area contributed by atoms with Crippen LogP contribution in [0.25, 0.3) is 0 Å². The summed E-state index contributed by atoms with van der Waals surface area (Å²) in [7, 11) is 0. The first-order valence-electron chi connectivity index (χ1n) is 6.38. The van der Waals surface area contributed by atoms with E-state index in [9.17, 15) is 9.50 Å². The van der Waals surface area contributed by atoms with Crippen LogP contribution in [0.2, 0.25) is 0 Å². The van der Waals surface area contributed by atoms with Crippen molar-refractivity contribution in [2.24, 2.45) is 5.92 Å². The minimum atomic E-state index is -0.509. The second-order valence-corrected chi connectivity index (χ2v) is 5.13. The molecule has 2 atom stereocenters. The standard InChI is InChI=1S/C14H17FO2/c15-10-5-6-11-12(16)8-13(17-14(11)7-10)9-3-1-2-4-9/h5-7,9,12-13,16H,1-4,8H2. The van der Waals surface area contributed by atoms with E-state index in [4.69, 9.17) is 4.74 Å². The number of benzene rings is 1. The molecule has 0 spiro atoms. The molecule has 2 aliphatic rings. The van der Waals surface area contributed by atoms with Gasteiger partial charge in [0.15, 0.2) is 0 Å². The van der Waals surface area contributed by atoms with Crippen LogP contribution < -0.4 is 4.74 Å². The summed E-state index contributed by atoms with van der Waals surface area (Å²) < 4.78 is 19.0. The molecule has 3 rings (SSSR count). The van der Waals surface area contributed by atoms with Gasteiger partial charge in [0, 0.05) is 18.1 Å². The molecule has 17 heavy (non-hydrogen) atoms. The largest absolute Gasteiger partial charge is 0.490 e. The maximum absolute atomic E-state index is 13.2. The zero-order valence-corrected chi connectivity index (χ0v) is 9.73. The molecule has 1 fully saturated rings. The van der Waals surface area contributed by atoms with E-state index in [2.05, 4.69) is 0 Å². The van der Waals surface area contributed by atoms with Gasteiger partial charge >= 0.3 is 0 Å². The van der Waals surface area contributed by atoms with Crippen LogP contribution >= 0.6 is 0 Å². The second-order valence-electron chi connectivity index (χ2n) is 5.13. The summed E-state index contributed by atoms with van der Waals surface area (Å²) in [5.74, 6) is 0.754. The van der Waals surface area contributed by atoms with Gasteiger partial charge in [0.1, 0.15) is 17.7 Å². The number of hydrogen-bond donors (Lipinski definition) is 1. The zero-order chi connectivity index (χ0) is 11.8. The summed E-state index contributed by atoms with van der Waals surface area (Å²) in [6.07, 6.45) is 5.02. The van der Waals surface area contributed by atoms with Crippen molar-refractivity contribution in [3.63, 3.8) is 0 Å². The van der Waals surface area contributed by atoms with Crippen molar-refractivity contribution in [2.45, 2.75) is 44.3 Å². The molecule has 1 aromatic rings. The van der Waals surface area contributed by atoms with Gasteiger partial charge in [-0.2, -0.15) is 0 Å². The van der Waals surface area contributed by atoms with Crippen molar-refractivity contribution in [1.82, 2.24) is 0 Å². The topological polar surface area (TPSA) is 29.5 Å². The summed E-state index contributed by atoms with van der Waals surface area (Å²) >= 11 is 0. The normalized spacial score (nSPS) is 28.8. The van der Waals surface area contributed by atoms with E-state index in [0.29, 0.717) is 18.1 Å². The Hall–Kier alpha value is -1.09. The Balaban J connectivity index is 1.85. The van der Waals surface area contributed by atoms with E-state index < -0.39 is 6.10 Å². The number of ether oxygens (including phenoxy) is 1. The molecular formula is C14H17FO2. The van der Waals surface area contributed by atoms with Crippen molar-refractivity contribution in [2.75, 3.05) is 0 Å². The van der Waals surface area contributed by atoms with Crippen molar-refractivity contribution in [3.8, 4) is 5.75 Å². The Kier molecular flexibility index (Phi) is 2.79. The first kappa shape index (κ1) is 11.0. The van der Waals surface area contributed by atoms with Gasteiger partial charge in [0.25, 0.3) is 0 Å². The first-order valence-corrected chi connectivity index (χ1v) is 6.38. The maximum Gasteiger partial charge on any atom is 0.128 e. The van der Waals surface area contributed by atoms with Crippen LogP contribution in [0, 0.1) is 11.7 Å². The quantitative estimate of drug-likeness (QED) is 0.811. The van der Waals surface area contributed by atoms with Crippen LogP contribution in [0.15, 0.2) is 18.2 Å². The van der Waals surface area contributed by atoms with E-state index in [0.717, 1.165) is 5.56 Å². The summed E-state index contributed by atoms with van der Waals surface area (Å²) in [5, 5.41) is 10.1. The molecule has 1 aliphatic carbocycles. The van der Waals surface area contributed by atoms with Crippen LogP contribution in [0.4, 0.5) is 4.39 Å². The molecule has 1 N–H and O–H groups in total. The third-order valence-electron chi connectivity index (χ3n) is 3.99. The number of halogens is 1. The number of fused-ring (bicyclic) bond motifs is 1. The molecule has 1 aromatic carbocycles. The van der Waals surface area contributed by atoms with Crippen molar-refractivity contribution in [3.05, 3.63) is 29.6 Å². The summed E-state index contributed by atoms with van der Waals surface area (Å²) in [4.78, 5) is 0. The van der Waals surface area contributed by atoms with E-state index in [1.807, 2.05) is 0 Å². The lowest BCUT2D eigenvalue weighted by Crippen LogP contribution is -2.31. The molecule has 0 saturated heterocycles. The fourth-order valence-corrected chi connectivity index (χ4v) is 3.06. The molecule has 2 nitrogen and oxygen atoms in total. The second kappa shape index (κ2) is 4.30. The Bertz CT molecular complexity index is 413. The summed E-state index contributed by atoms with van der Waals surface area (Å²) in [5.41, 5.74) is 0.723. The van der Waals surface area contributed by atoms with Crippen LogP contribution in [0.5, 0.6) is 5.75 Å². The lowest BCUT2D eigenvalue weighted by Gasteiger charge is -2.33. The highest BCUT2D eigenvalue weighted by molar-refractivity contribution is 5.37. The van der Waals surface area contributed by atoms with Gasteiger partial charge in [0.2, 0.25) is 0 Å². The molecule has 1 heterocycles. The van der Waals surface area contributed by atoms with Crippen molar-refractivity contribution >= 4 is 0 Å². The number of aliphatic hydroxyl groups excluding tert-OH is 1. The van der Waals surface area contributed by atoms with Crippen molar-refractivity contribution < 1.29 is 14.2 Å². The SMILES string of the molecule is OC1CC(C2CCCC2)Oc2cc(F)ccc21. The minimum Gasteiger partial charge on any atom is -0.490 e. The van der Waals surface area contributed by atoms with Gasteiger partial charge in [-0.25, -0.2) is 4.39 Å². The number of aliphatic hydroxyl groups is 1. The van der Waals surface area contributed by atoms with Gasteiger partial charge in [-0.1, -0.05) is 12.8 Å². The molecule has 2 unspecified atom stereocenters. The lowest BCUT2D eigenvalue weighted by molar-refractivity contribution is 0.0353. The Labute approximate surface area is 100 Å². The molecule has 92 valence electrons. The fraction of sp³-hybridized carbons (Fsp3) is 0.571. The number of rotatable bonds is 1. The minimum absolute atomic E-state index is 0.0572. The van der Waals surface area contributed by atoms with Crippen LogP contribution in [-0.2, 0) is 0 Å². The molecule has 3 heteroatoms. The highest BCUT2D eigenvalue weighted by atomic mass is 19.1. The third kappa shape index (κ3) is 2.04. The fourth-order valence-electron chi connectivity index (χ4n) is 3.06. The third-order valence-corrected chi connectivity index (χ3v) is 3.99. The predicted molar refractivity (Wildman–Crippen MR) is 62.4 cm³/mol.